The number of carbonyl (C=O) groups excluding carboxylic acids is 1. The second-order valence-electron chi connectivity index (χ2n) is 5.12. The zero-order chi connectivity index (χ0) is 13.7. The van der Waals surface area contributed by atoms with Gasteiger partial charge >= 0.3 is 5.97 Å². The van der Waals surface area contributed by atoms with Crippen LogP contribution in [0.5, 0.6) is 5.75 Å². The maximum Gasteiger partial charge on any atom is 0.344 e. The van der Waals surface area contributed by atoms with Crippen molar-refractivity contribution < 1.29 is 14.3 Å². The molecule has 1 aliphatic rings. The molecule has 0 radical (unpaired) electrons. The van der Waals surface area contributed by atoms with Crippen molar-refractivity contribution in [1.29, 1.82) is 0 Å². The number of hydrogen-bond donors (Lipinski definition) is 0. The van der Waals surface area contributed by atoms with Crippen LogP contribution in [0.15, 0.2) is 24.3 Å². The van der Waals surface area contributed by atoms with Crippen LogP contribution in [0.25, 0.3) is 0 Å². The van der Waals surface area contributed by atoms with Gasteiger partial charge in [0.05, 0.1) is 0 Å². The highest BCUT2D eigenvalue weighted by molar-refractivity contribution is 5.71. The zero-order valence-corrected chi connectivity index (χ0v) is 11.6. The molecule has 0 aliphatic carbocycles. The molecule has 1 unspecified atom stereocenters. The predicted octanol–water partition coefficient (Wildman–Crippen LogP) is 2.01. The third kappa shape index (κ3) is 4.56. The van der Waals surface area contributed by atoms with E-state index in [9.17, 15) is 4.79 Å². The van der Waals surface area contributed by atoms with Crippen LogP contribution in [0, 0.1) is 6.92 Å². The summed E-state index contributed by atoms with van der Waals surface area (Å²) in [6.45, 7) is 3.88. The molecule has 0 spiro atoms. The van der Waals surface area contributed by atoms with Crippen molar-refractivity contribution in [1.82, 2.24) is 4.90 Å². The third-order valence-corrected chi connectivity index (χ3v) is 3.26. The molecule has 0 amide bonds. The molecule has 1 saturated heterocycles. The van der Waals surface area contributed by atoms with E-state index in [0.29, 0.717) is 5.75 Å². The Bertz CT molecular complexity index is 416. The van der Waals surface area contributed by atoms with Gasteiger partial charge in [0.15, 0.2) is 6.61 Å². The lowest BCUT2D eigenvalue weighted by Crippen LogP contribution is -2.38. The fourth-order valence-electron chi connectivity index (χ4n) is 2.21. The van der Waals surface area contributed by atoms with Gasteiger partial charge in [0.25, 0.3) is 0 Å². The van der Waals surface area contributed by atoms with Crippen LogP contribution in [0.1, 0.15) is 18.4 Å². The Hall–Kier alpha value is -1.55. The van der Waals surface area contributed by atoms with Crippen molar-refractivity contribution in [2.24, 2.45) is 0 Å². The van der Waals surface area contributed by atoms with Gasteiger partial charge in [0.1, 0.15) is 11.9 Å². The first-order chi connectivity index (χ1) is 9.13. The molecule has 4 nitrogen and oxygen atoms in total. The van der Waals surface area contributed by atoms with Crippen molar-refractivity contribution in [2.75, 3.05) is 26.7 Å². The van der Waals surface area contributed by atoms with Crippen molar-refractivity contribution in [3.05, 3.63) is 29.8 Å². The summed E-state index contributed by atoms with van der Waals surface area (Å²) in [6, 6.07) is 7.63. The number of esters is 1. The average molecular weight is 263 g/mol. The summed E-state index contributed by atoms with van der Waals surface area (Å²) in [6.07, 6.45) is 2.03. The highest BCUT2D eigenvalue weighted by Crippen LogP contribution is 2.13. The number of aryl methyl sites for hydroxylation is 1. The Labute approximate surface area is 114 Å². The van der Waals surface area contributed by atoms with Crippen LogP contribution < -0.4 is 4.74 Å². The molecular formula is C15H21NO3. The van der Waals surface area contributed by atoms with Crippen LogP contribution in [0.4, 0.5) is 0 Å². The molecule has 1 aromatic rings. The predicted molar refractivity (Wildman–Crippen MR) is 73.3 cm³/mol. The maximum atomic E-state index is 11.7. The topological polar surface area (TPSA) is 38.8 Å². The van der Waals surface area contributed by atoms with E-state index >= 15 is 0 Å². The minimum atomic E-state index is -0.291. The molecule has 1 aliphatic heterocycles. The first kappa shape index (κ1) is 13.9. The van der Waals surface area contributed by atoms with Crippen molar-refractivity contribution in [2.45, 2.75) is 25.9 Å². The number of carbonyl (C=O) groups is 1. The summed E-state index contributed by atoms with van der Waals surface area (Å²) in [7, 11) is 2.04. The van der Waals surface area contributed by atoms with Gasteiger partial charge in [0, 0.05) is 6.54 Å². The van der Waals surface area contributed by atoms with Gasteiger partial charge in [-0.05, 0) is 45.5 Å². The Morgan fingerprint density at radius 3 is 2.79 bits per heavy atom. The Morgan fingerprint density at radius 2 is 2.11 bits per heavy atom. The number of benzene rings is 1. The quantitative estimate of drug-likeness (QED) is 0.779. The molecule has 1 fully saturated rings. The lowest BCUT2D eigenvalue weighted by atomic mass is 10.1. The number of likely N-dealkylation sites (N-methyl/N-ethyl adjacent to an activating group) is 1. The van der Waals surface area contributed by atoms with Gasteiger partial charge in [-0.1, -0.05) is 17.7 Å². The summed E-state index contributed by atoms with van der Waals surface area (Å²) in [4.78, 5) is 13.9. The Kier molecular flexibility index (Phi) is 4.80. The van der Waals surface area contributed by atoms with Gasteiger partial charge < -0.3 is 14.4 Å². The summed E-state index contributed by atoms with van der Waals surface area (Å²) < 4.78 is 10.8. The van der Waals surface area contributed by atoms with Crippen LogP contribution in [-0.2, 0) is 9.53 Å². The van der Waals surface area contributed by atoms with Crippen molar-refractivity contribution >= 4 is 5.97 Å². The summed E-state index contributed by atoms with van der Waals surface area (Å²) >= 11 is 0. The second kappa shape index (κ2) is 6.57. The normalized spacial score (nSPS) is 20.0. The van der Waals surface area contributed by atoms with Crippen LogP contribution in [-0.4, -0.2) is 43.7 Å². The molecule has 0 N–H and O–H groups in total. The smallest absolute Gasteiger partial charge is 0.344 e. The number of nitrogens with zero attached hydrogens (tertiary/aromatic N) is 1. The molecule has 1 atom stereocenters. The highest BCUT2D eigenvalue weighted by Gasteiger charge is 2.20. The third-order valence-electron chi connectivity index (χ3n) is 3.26. The summed E-state index contributed by atoms with van der Waals surface area (Å²) in [5.74, 6) is 0.407. The molecule has 104 valence electrons. The van der Waals surface area contributed by atoms with Gasteiger partial charge in [-0.2, -0.15) is 0 Å². The Morgan fingerprint density at radius 1 is 1.37 bits per heavy atom. The van der Waals surface area contributed by atoms with Gasteiger partial charge in [-0.25, -0.2) is 4.79 Å². The van der Waals surface area contributed by atoms with Crippen molar-refractivity contribution in [3.8, 4) is 5.75 Å². The Balaban J connectivity index is 1.73. The van der Waals surface area contributed by atoms with Gasteiger partial charge in [-0.3, -0.25) is 0 Å². The van der Waals surface area contributed by atoms with E-state index in [1.807, 2.05) is 38.2 Å². The molecule has 2 rings (SSSR count). The summed E-state index contributed by atoms with van der Waals surface area (Å²) in [5, 5.41) is 0. The van der Waals surface area contributed by atoms with E-state index < -0.39 is 0 Å². The standard InChI is InChI=1S/C15H21NO3/c1-12-5-7-13(8-6-12)18-11-15(17)19-14-4-3-9-16(2)10-14/h5-8,14H,3-4,9-11H2,1-2H3. The van der Waals surface area contributed by atoms with E-state index in [0.717, 1.165) is 25.9 Å². The minimum absolute atomic E-state index is 0.00729. The monoisotopic (exact) mass is 263 g/mol. The molecule has 1 heterocycles. The maximum absolute atomic E-state index is 11.7. The van der Waals surface area contributed by atoms with Gasteiger partial charge in [0.2, 0.25) is 0 Å². The number of rotatable bonds is 4. The highest BCUT2D eigenvalue weighted by atomic mass is 16.6. The number of likely N-dealkylation sites (tertiary alicyclic amines) is 1. The molecule has 0 aromatic heterocycles. The van der Waals surface area contributed by atoms with E-state index in [1.165, 1.54) is 5.56 Å². The summed E-state index contributed by atoms with van der Waals surface area (Å²) in [5.41, 5.74) is 1.17. The molecule has 4 heteroatoms. The molecule has 0 saturated carbocycles. The van der Waals surface area contributed by atoms with E-state index in [-0.39, 0.29) is 18.7 Å². The van der Waals surface area contributed by atoms with Crippen LogP contribution in [0.3, 0.4) is 0 Å². The number of hydrogen-bond acceptors (Lipinski definition) is 4. The largest absolute Gasteiger partial charge is 0.482 e. The van der Waals surface area contributed by atoms with Gasteiger partial charge in [-0.15, -0.1) is 0 Å². The SMILES string of the molecule is Cc1ccc(OCC(=O)OC2CCCN(C)C2)cc1. The lowest BCUT2D eigenvalue weighted by Gasteiger charge is -2.29. The fraction of sp³-hybridized carbons (Fsp3) is 0.533. The average Bonchev–Trinajstić information content (AvgIpc) is 2.38. The molecule has 1 aromatic carbocycles. The second-order valence-corrected chi connectivity index (χ2v) is 5.12. The zero-order valence-electron chi connectivity index (χ0n) is 11.6. The molecule has 19 heavy (non-hydrogen) atoms. The van der Waals surface area contributed by atoms with E-state index in [4.69, 9.17) is 9.47 Å². The number of piperidine rings is 1. The number of ether oxygens (including phenoxy) is 2. The van der Waals surface area contributed by atoms with Crippen molar-refractivity contribution in [3.63, 3.8) is 0 Å². The minimum Gasteiger partial charge on any atom is -0.482 e. The lowest BCUT2D eigenvalue weighted by molar-refractivity contribution is -0.153. The van der Waals surface area contributed by atoms with E-state index in [2.05, 4.69) is 4.90 Å². The molecule has 0 bridgehead atoms. The first-order valence-corrected chi connectivity index (χ1v) is 6.71. The van der Waals surface area contributed by atoms with Crippen LogP contribution in [0.2, 0.25) is 0 Å². The van der Waals surface area contributed by atoms with Crippen LogP contribution >= 0.6 is 0 Å². The molecular weight excluding hydrogens is 242 g/mol. The fourth-order valence-corrected chi connectivity index (χ4v) is 2.21. The first-order valence-electron chi connectivity index (χ1n) is 6.71. The van der Waals surface area contributed by atoms with E-state index in [1.54, 1.807) is 0 Å².